The van der Waals surface area contributed by atoms with Gasteiger partial charge in [-0.1, -0.05) is 45.2 Å². The Labute approximate surface area is 174 Å². The standard InChI is InChI=1S/C22H33FN2O2.ClH/c1-4-27-18-14-22(24,20(18,2)3)19(26)25-15-21(12-6-5-7-13-21)16-8-10-17(23)11-9-16;/h8-11,18H,4-7,12-15,24H2,1-3H3,(H,25,26);1H. The van der Waals surface area contributed by atoms with Crippen molar-refractivity contribution in [2.75, 3.05) is 13.2 Å². The van der Waals surface area contributed by atoms with Crippen molar-refractivity contribution in [3.05, 3.63) is 35.6 Å². The topological polar surface area (TPSA) is 64.3 Å². The molecule has 0 aromatic heterocycles. The molecule has 1 aromatic carbocycles. The normalized spacial score (nSPS) is 28.0. The number of carbonyl (C=O) groups is 1. The molecular weight excluding hydrogens is 379 g/mol. The number of nitrogens with two attached hydrogens (primary N) is 1. The van der Waals surface area contributed by atoms with Crippen LogP contribution in [0.4, 0.5) is 4.39 Å². The van der Waals surface area contributed by atoms with E-state index in [1.54, 1.807) is 0 Å². The third kappa shape index (κ3) is 3.94. The molecule has 3 N–H and O–H groups in total. The van der Waals surface area contributed by atoms with Crippen LogP contribution in [0.1, 0.15) is 64.9 Å². The average molecular weight is 413 g/mol. The van der Waals surface area contributed by atoms with Crippen molar-refractivity contribution in [1.82, 2.24) is 5.32 Å². The van der Waals surface area contributed by atoms with Crippen LogP contribution in [0.15, 0.2) is 24.3 Å². The number of hydrogen-bond acceptors (Lipinski definition) is 3. The lowest BCUT2D eigenvalue weighted by atomic mass is 9.54. The molecule has 2 saturated carbocycles. The Morgan fingerprint density at radius 3 is 2.36 bits per heavy atom. The summed E-state index contributed by atoms with van der Waals surface area (Å²) in [4.78, 5) is 13.0. The smallest absolute Gasteiger partial charge is 0.240 e. The van der Waals surface area contributed by atoms with Gasteiger partial charge in [0.25, 0.3) is 0 Å². The van der Waals surface area contributed by atoms with E-state index in [1.165, 1.54) is 18.6 Å². The summed E-state index contributed by atoms with van der Waals surface area (Å²) in [7, 11) is 0. The van der Waals surface area contributed by atoms with E-state index < -0.39 is 11.0 Å². The lowest BCUT2D eigenvalue weighted by Crippen LogP contribution is -2.76. The Bertz CT molecular complexity index is 674. The number of ether oxygens (including phenoxy) is 1. The Kier molecular flexibility index (Phi) is 7.17. The van der Waals surface area contributed by atoms with Gasteiger partial charge < -0.3 is 15.8 Å². The van der Waals surface area contributed by atoms with Gasteiger partial charge in [0.15, 0.2) is 0 Å². The van der Waals surface area contributed by atoms with Crippen LogP contribution in [0.5, 0.6) is 0 Å². The maximum absolute atomic E-state index is 13.4. The molecule has 0 bridgehead atoms. The number of halogens is 2. The molecule has 0 saturated heterocycles. The van der Waals surface area contributed by atoms with Crippen molar-refractivity contribution in [2.24, 2.45) is 11.1 Å². The monoisotopic (exact) mass is 412 g/mol. The summed E-state index contributed by atoms with van der Waals surface area (Å²) in [6, 6.07) is 6.76. The van der Waals surface area contributed by atoms with E-state index in [9.17, 15) is 9.18 Å². The van der Waals surface area contributed by atoms with E-state index in [1.807, 2.05) is 32.9 Å². The zero-order chi connectivity index (χ0) is 19.7. The Hall–Kier alpha value is -1.17. The zero-order valence-corrected chi connectivity index (χ0v) is 18.0. The summed E-state index contributed by atoms with van der Waals surface area (Å²) in [5, 5.41) is 3.15. The van der Waals surface area contributed by atoms with Crippen molar-refractivity contribution in [2.45, 2.75) is 76.4 Å². The van der Waals surface area contributed by atoms with E-state index >= 15 is 0 Å². The molecule has 2 unspecified atom stereocenters. The van der Waals surface area contributed by atoms with Gasteiger partial charge >= 0.3 is 0 Å². The van der Waals surface area contributed by atoms with Crippen LogP contribution in [-0.2, 0) is 14.9 Å². The van der Waals surface area contributed by atoms with Crippen LogP contribution in [-0.4, -0.2) is 30.7 Å². The fraction of sp³-hybridized carbons (Fsp3) is 0.682. The van der Waals surface area contributed by atoms with Crippen molar-refractivity contribution in [1.29, 1.82) is 0 Å². The molecule has 1 amide bonds. The SMILES string of the molecule is CCOC1CC(N)(C(=O)NCC2(c3ccc(F)cc3)CCCCC2)C1(C)C.Cl. The fourth-order valence-corrected chi connectivity index (χ4v) is 4.83. The molecule has 2 aliphatic rings. The first kappa shape index (κ1) is 23.1. The highest BCUT2D eigenvalue weighted by molar-refractivity contribution is 5.89. The van der Waals surface area contributed by atoms with E-state index in [2.05, 4.69) is 5.32 Å². The summed E-state index contributed by atoms with van der Waals surface area (Å²) in [6.45, 7) is 7.15. The number of rotatable bonds is 6. The first-order chi connectivity index (χ1) is 12.7. The summed E-state index contributed by atoms with van der Waals surface area (Å²) < 4.78 is 19.1. The van der Waals surface area contributed by atoms with E-state index in [0.29, 0.717) is 19.6 Å². The average Bonchev–Trinajstić information content (AvgIpc) is 2.67. The van der Waals surface area contributed by atoms with Gasteiger partial charge in [0.05, 0.1) is 6.10 Å². The van der Waals surface area contributed by atoms with Gasteiger partial charge in [0, 0.05) is 30.4 Å². The van der Waals surface area contributed by atoms with Crippen molar-refractivity contribution in [3.8, 4) is 0 Å². The van der Waals surface area contributed by atoms with Crippen LogP contribution in [0.3, 0.4) is 0 Å². The van der Waals surface area contributed by atoms with Gasteiger partial charge in [-0.25, -0.2) is 4.39 Å². The Balaban J connectivity index is 0.00000280. The molecule has 3 rings (SSSR count). The van der Waals surface area contributed by atoms with Crippen molar-refractivity contribution < 1.29 is 13.9 Å². The third-order valence-electron chi connectivity index (χ3n) is 7.09. The zero-order valence-electron chi connectivity index (χ0n) is 17.2. The van der Waals surface area contributed by atoms with Gasteiger partial charge in [-0.3, -0.25) is 4.79 Å². The van der Waals surface area contributed by atoms with Crippen LogP contribution in [0.25, 0.3) is 0 Å². The number of carbonyl (C=O) groups excluding carboxylic acids is 1. The minimum absolute atomic E-state index is 0. The van der Waals surface area contributed by atoms with E-state index in [-0.39, 0.29) is 35.7 Å². The molecule has 28 heavy (non-hydrogen) atoms. The summed E-state index contributed by atoms with van der Waals surface area (Å²) in [6.07, 6.45) is 6.02. The Morgan fingerprint density at radius 1 is 1.21 bits per heavy atom. The molecule has 0 spiro atoms. The number of nitrogens with one attached hydrogen (secondary N) is 1. The van der Waals surface area contributed by atoms with Crippen LogP contribution >= 0.6 is 12.4 Å². The maximum Gasteiger partial charge on any atom is 0.240 e. The number of hydrogen-bond donors (Lipinski definition) is 2. The van der Waals surface area contributed by atoms with Gasteiger partial charge in [0.2, 0.25) is 5.91 Å². The summed E-state index contributed by atoms with van der Waals surface area (Å²) >= 11 is 0. The number of benzene rings is 1. The van der Waals surface area contributed by atoms with Gasteiger partial charge in [-0.2, -0.15) is 0 Å². The van der Waals surface area contributed by atoms with Crippen LogP contribution in [0.2, 0.25) is 0 Å². The molecular formula is C22H34ClFN2O2. The fourth-order valence-electron chi connectivity index (χ4n) is 4.83. The molecule has 6 heteroatoms. The second-order valence-corrected chi connectivity index (χ2v) is 8.87. The molecule has 2 aliphatic carbocycles. The third-order valence-corrected chi connectivity index (χ3v) is 7.09. The molecule has 1 aromatic rings. The summed E-state index contributed by atoms with van der Waals surface area (Å²) in [5.41, 5.74) is 6.18. The summed E-state index contributed by atoms with van der Waals surface area (Å²) in [5.74, 6) is -0.330. The molecule has 2 fully saturated rings. The lowest BCUT2D eigenvalue weighted by Gasteiger charge is -2.57. The van der Waals surface area contributed by atoms with Gasteiger partial charge in [-0.15, -0.1) is 12.4 Å². The highest BCUT2D eigenvalue weighted by atomic mass is 35.5. The molecule has 0 heterocycles. The maximum atomic E-state index is 13.4. The lowest BCUT2D eigenvalue weighted by molar-refractivity contribution is -0.170. The Morgan fingerprint density at radius 2 is 1.82 bits per heavy atom. The predicted molar refractivity (Wildman–Crippen MR) is 112 cm³/mol. The van der Waals surface area contributed by atoms with Gasteiger partial charge in [0.1, 0.15) is 11.4 Å². The number of amides is 1. The van der Waals surface area contributed by atoms with Crippen LogP contribution < -0.4 is 11.1 Å². The van der Waals surface area contributed by atoms with Crippen LogP contribution in [0, 0.1) is 11.2 Å². The highest BCUT2D eigenvalue weighted by Gasteiger charge is 2.62. The van der Waals surface area contributed by atoms with Crippen molar-refractivity contribution >= 4 is 18.3 Å². The molecule has 0 radical (unpaired) electrons. The minimum atomic E-state index is -0.911. The second-order valence-electron chi connectivity index (χ2n) is 8.87. The molecule has 4 nitrogen and oxygen atoms in total. The first-order valence-corrected chi connectivity index (χ1v) is 10.2. The largest absolute Gasteiger partial charge is 0.378 e. The predicted octanol–water partition coefficient (Wildman–Crippen LogP) is 4.10. The second kappa shape index (κ2) is 8.68. The highest BCUT2D eigenvalue weighted by Crippen LogP contribution is 2.50. The first-order valence-electron chi connectivity index (χ1n) is 10.2. The minimum Gasteiger partial charge on any atom is -0.378 e. The molecule has 2 atom stereocenters. The van der Waals surface area contributed by atoms with E-state index in [0.717, 1.165) is 31.2 Å². The molecule has 0 aliphatic heterocycles. The quantitative estimate of drug-likeness (QED) is 0.739. The van der Waals surface area contributed by atoms with E-state index in [4.69, 9.17) is 10.5 Å². The van der Waals surface area contributed by atoms with Gasteiger partial charge in [-0.05, 0) is 37.5 Å². The van der Waals surface area contributed by atoms with Crippen molar-refractivity contribution in [3.63, 3.8) is 0 Å². The molecule has 158 valence electrons.